The van der Waals surface area contributed by atoms with Crippen molar-refractivity contribution in [2.45, 2.75) is 25.4 Å². The minimum Gasteiger partial charge on any atom is -0.381 e. The lowest BCUT2D eigenvalue weighted by molar-refractivity contribution is -0.124. The zero-order valence-electron chi connectivity index (χ0n) is 11.2. The Bertz CT molecular complexity index is 439. The summed E-state index contributed by atoms with van der Waals surface area (Å²) < 4.78 is 6.29. The molecule has 1 saturated heterocycles. The Kier molecular flexibility index (Phi) is 7.51. The first-order valence-electron chi connectivity index (χ1n) is 6.52. The molecular formula is C14H20BrClN2O2. The minimum atomic E-state index is -0.434. The molecule has 1 aromatic rings. The van der Waals surface area contributed by atoms with Gasteiger partial charge in [-0.3, -0.25) is 4.79 Å². The Morgan fingerprint density at radius 2 is 2.15 bits per heavy atom. The third kappa shape index (κ3) is 5.05. The fourth-order valence-electron chi connectivity index (χ4n) is 2.24. The summed E-state index contributed by atoms with van der Waals surface area (Å²) in [5.74, 6) is 0.156. The molecule has 0 aromatic heterocycles. The summed E-state index contributed by atoms with van der Waals surface area (Å²) in [6, 6.07) is 7.44. The number of benzene rings is 1. The van der Waals surface area contributed by atoms with Gasteiger partial charge in [-0.25, -0.2) is 0 Å². The van der Waals surface area contributed by atoms with Crippen LogP contribution in [0, 0.1) is 5.92 Å². The maximum absolute atomic E-state index is 12.0. The van der Waals surface area contributed by atoms with Gasteiger partial charge in [0.05, 0.1) is 6.04 Å². The SMILES string of the molecule is Cl.NC(C(=O)NCc1cccc(Br)c1)C1CCOCC1. The summed E-state index contributed by atoms with van der Waals surface area (Å²) in [5, 5.41) is 2.90. The lowest BCUT2D eigenvalue weighted by Gasteiger charge is -2.26. The van der Waals surface area contributed by atoms with Crippen LogP contribution >= 0.6 is 28.3 Å². The number of ether oxygens (including phenoxy) is 1. The second-order valence-corrected chi connectivity index (χ2v) is 5.74. The monoisotopic (exact) mass is 362 g/mol. The predicted octanol–water partition coefficient (Wildman–Crippen LogP) is 2.24. The molecule has 1 aromatic carbocycles. The fourth-order valence-corrected chi connectivity index (χ4v) is 2.69. The van der Waals surface area contributed by atoms with Gasteiger partial charge in [-0.05, 0) is 36.5 Å². The molecule has 1 heterocycles. The number of hydrogen-bond acceptors (Lipinski definition) is 3. The largest absolute Gasteiger partial charge is 0.381 e. The number of carbonyl (C=O) groups excluding carboxylic acids is 1. The molecule has 2 rings (SSSR count). The van der Waals surface area contributed by atoms with Crippen molar-refractivity contribution in [3.05, 3.63) is 34.3 Å². The predicted molar refractivity (Wildman–Crippen MR) is 84.8 cm³/mol. The molecule has 1 unspecified atom stereocenters. The smallest absolute Gasteiger partial charge is 0.237 e. The van der Waals surface area contributed by atoms with Crippen LogP contribution in [0.25, 0.3) is 0 Å². The molecule has 4 nitrogen and oxygen atoms in total. The van der Waals surface area contributed by atoms with Gasteiger partial charge < -0.3 is 15.8 Å². The first-order valence-corrected chi connectivity index (χ1v) is 7.31. The van der Waals surface area contributed by atoms with Gasteiger partial charge in [-0.2, -0.15) is 0 Å². The fraction of sp³-hybridized carbons (Fsp3) is 0.500. The van der Waals surface area contributed by atoms with Crippen LogP contribution in [0.4, 0.5) is 0 Å². The first kappa shape index (κ1) is 17.4. The van der Waals surface area contributed by atoms with E-state index in [-0.39, 0.29) is 24.2 Å². The van der Waals surface area contributed by atoms with Crippen molar-refractivity contribution >= 4 is 34.2 Å². The molecule has 0 radical (unpaired) electrons. The quantitative estimate of drug-likeness (QED) is 0.862. The summed E-state index contributed by atoms with van der Waals surface area (Å²) in [6.45, 7) is 1.92. The summed E-state index contributed by atoms with van der Waals surface area (Å²) in [7, 11) is 0. The Hall–Kier alpha value is -0.620. The molecule has 6 heteroatoms. The van der Waals surface area contributed by atoms with Gasteiger partial charge in [-0.1, -0.05) is 28.1 Å². The van der Waals surface area contributed by atoms with Gasteiger partial charge in [0, 0.05) is 24.2 Å². The van der Waals surface area contributed by atoms with Crippen LogP contribution in [0.3, 0.4) is 0 Å². The standard InChI is InChI=1S/C14H19BrN2O2.ClH/c15-12-3-1-2-10(8-12)9-17-14(18)13(16)11-4-6-19-7-5-11;/h1-3,8,11,13H,4-7,9,16H2,(H,17,18);1H. The highest BCUT2D eigenvalue weighted by atomic mass is 79.9. The maximum Gasteiger partial charge on any atom is 0.237 e. The average molecular weight is 364 g/mol. The van der Waals surface area contributed by atoms with Gasteiger partial charge in [0.2, 0.25) is 5.91 Å². The molecule has 0 aliphatic carbocycles. The molecule has 1 fully saturated rings. The molecule has 112 valence electrons. The van der Waals surface area contributed by atoms with E-state index in [2.05, 4.69) is 21.2 Å². The van der Waals surface area contributed by atoms with Gasteiger partial charge >= 0.3 is 0 Å². The summed E-state index contributed by atoms with van der Waals surface area (Å²) in [4.78, 5) is 12.0. The number of rotatable bonds is 4. The minimum absolute atomic E-state index is 0. The second-order valence-electron chi connectivity index (χ2n) is 4.82. The zero-order valence-corrected chi connectivity index (χ0v) is 13.6. The van der Waals surface area contributed by atoms with E-state index < -0.39 is 6.04 Å². The van der Waals surface area contributed by atoms with Crippen LogP contribution in [0.2, 0.25) is 0 Å². The molecule has 3 N–H and O–H groups in total. The molecule has 1 atom stereocenters. The van der Waals surface area contributed by atoms with Crippen molar-refractivity contribution in [2.24, 2.45) is 11.7 Å². The topological polar surface area (TPSA) is 64.4 Å². The van der Waals surface area contributed by atoms with Crippen LogP contribution in [0.1, 0.15) is 18.4 Å². The van der Waals surface area contributed by atoms with E-state index in [9.17, 15) is 4.79 Å². The molecule has 1 aliphatic rings. The van der Waals surface area contributed by atoms with Gasteiger partial charge in [-0.15, -0.1) is 12.4 Å². The van der Waals surface area contributed by atoms with Gasteiger partial charge in [0.15, 0.2) is 0 Å². The molecule has 20 heavy (non-hydrogen) atoms. The Morgan fingerprint density at radius 3 is 2.80 bits per heavy atom. The van der Waals surface area contributed by atoms with Gasteiger partial charge in [0.1, 0.15) is 0 Å². The number of carbonyl (C=O) groups is 1. The van der Waals surface area contributed by atoms with Crippen molar-refractivity contribution in [1.82, 2.24) is 5.32 Å². The summed E-state index contributed by atoms with van der Waals surface area (Å²) in [6.07, 6.45) is 1.73. The van der Waals surface area contributed by atoms with E-state index >= 15 is 0 Å². The van der Waals surface area contributed by atoms with Crippen molar-refractivity contribution in [2.75, 3.05) is 13.2 Å². The van der Waals surface area contributed by atoms with Crippen LogP contribution in [-0.2, 0) is 16.1 Å². The van der Waals surface area contributed by atoms with E-state index in [4.69, 9.17) is 10.5 Å². The van der Waals surface area contributed by atoms with E-state index in [1.54, 1.807) is 0 Å². The lowest BCUT2D eigenvalue weighted by atomic mass is 9.92. The molecule has 0 bridgehead atoms. The van der Waals surface area contributed by atoms with E-state index in [0.717, 1.165) is 22.9 Å². The molecule has 0 spiro atoms. The number of nitrogens with one attached hydrogen (secondary N) is 1. The third-order valence-corrected chi connectivity index (χ3v) is 3.93. The van der Waals surface area contributed by atoms with Crippen LogP contribution in [0.15, 0.2) is 28.7 Å². The number of halogens is 2. The van der Waals surface area contributed by atoms with E-state index in [1.807, 2.05) is 24.3 Å². The van der Waals surface area contributed by atoms with Crippen molar-refractivity contribution in [1.29, 1.82) is 0 Å². The molecule has 1 aliphatic heterocycles. The Morgan fingerprint density at radius 1 is 1.45 bits per heavy atom. The lowest BCUT2D eigenvalue weighted by Crippen LogP contribution is -2.46. The Balaban J connectivity index is 0.00000200. The number of nitrogens with two attached hydrogens (primary N) is 1. The van der Waals surface area contributed by atoms with Crippen LogP contribution in [-0.4, -0.2) is 25.2 Å². The summed E-state index contributed by atoms with van der Waals surface area (Å²) in [5.41, 5.74) is 7.07. The highest BCUT2D eigenvalue weighted by Crippen LogP contribution is 2.18. The first-order chi connectivity index (χ1) is 9.16. The maximum atomic E-state index is 12.0. The third-order valence-electron chi connectivity index (χ3n) is 3.43. The second kappa shape index (κ2) is 8.62. The Labute approximate surface area is 134 Å². The van der Waals surface area contributed by atoms with E-state index in [1.165, 1.54) is 0 Å². The number of amides is 1. The van der Waals surface area contributed by atoms with Crippen LogP contribution in [0.5, 0.6) is 0 Å². The summed E-state index contributed by atoms with van der Waals surface area (Å²) >= 11 is 3.41. The number of hydrogen-bond donors (Lipinski definition) is 2. The van der Waals surface area contributed by atoms with Crippen LogP contribution < -0.4 is 11.1 Å². The molecule has 0 saturated carbocycles. The molecular weight excluding hydrogens is 344 g/mol. The normalized spacial score (nSPS) is 17.1. The van der Waals surface area contributed by atoms with Crippen molar-refractivity contribution in [3.63, 3.8) is 0 Å². The van der Waals surface area contributed by atoms with E-state index in [0.29, 0.717) is 19.8 Å². The highest BCUT2D eigenvalue weighted by molar-refractivity contribution is 9.10. The van der Waals surface area contributed by atoms with Crippen molar-refractivity contribution in [3.8, 4) is 0 Å². The zero-order chi connectivity index (χ0) is 13.7. The van der Waals surface area contributed by atoms with Crippen molar-refractivity contribution < 1.29 is 9.53 Å². The van der Waals surface area contributed by atoms with Gasteiger partial charge in [0.25, 0.3) is 0 Å². The average Bonchev–Trinajstić information content (AvgIpc) is 2.45. The molecule has 1 amide bonds. The highest BCUT2D eigenvalue weighted by Gasteiger charge is 2.26.